The van der Waals surface area contributed by atoms with E-state index in [0.29, 0.717) is 0 Å². The molecule has 0 bridgehead atoms. The molecule has 0 saturated heterocycles. The minimum Gasteiger partial charge on any atom is -0.309 e. The number of hydrogen-bond acceptors (Lipinski definition) is 0. The minimum atomic E-state index is -3.21. The minimum absolute atomic E-state index is 1.10. The number of benzene rings is 15. The van der Waals surface area contributed by atoms with Gasteiger partial charge in [-0.3, -0.25) is 0 Å². The summed E-state index contributed by atoms with van der Waals surface area (Å²) in [7, 11) is -3.21. The van der Waals surface area contributed by atoms with Gasteiger partial charge in [0.05, 0.1) is 33.1 Å². The lowest BCUT2D eigenvalue weighted by atomic mass is 9.92. The van der Waals surface area contributed by atoms with Crippen molar-refractivity contribution in [2.45, 2.75) is 0 Å². The van der Waals surface area contributed by atoms with Crippen molar-refractivity contribution in [3.8, 4) is 39.3 Å². The van der Waals surface area contributed by atoms with Crippen LogP contribution in [0.2, 0.25) is 0 Å². The number of rotatable bonds is 9. The molecule has 18 rings (SSSR count). The van der Waals surface area contributed by atoms with Gasteiger partial charge in [0.15, 0.2) is 8.07 Å². The lowest BCUT2D eigenvalue weighted by Crippen LogP contribution is -2.74. The van der Waals surface area contributed by atoms with E-state index >= 15 is 0 Å². The highest BCUT2D eigenvalue weighted by molar-refractivity contribution is 7.20. The van der Waals surface area contributed by atoms with Crippen LogP contribution in [0.5, 0.6) is 0 Å². The molecule has 0 aliphatic rings. The summed E-state index contributed by atoms with van der Waals surface area (Å²) in [6.45, 7) is 0. The van der Waals surface area contributed by atoms with Gasteiger partial charge in [-0.1, -0.05) is 267 Å². The summed E-state index contributed by atoms with van der Waals surface area (Å²) in [6.07, 6.45) is 0. The predicted octanol–water partition coefficient (Wildman–Crippen LogP) is 19.1. The Kier molecular flexibility index (Phi) is 11.3. The third kappa shape index (κ3) is 7.49. The highest BCUT2D eigenvalue weighted by Gasteiger charge is 2.42. The van der Waals surface area contributed by atoms with Gasteiger partial charge >= 0.3 is 0 Å². The smallest absolute Gasteiger partial charge is 0.179 e. The fraction of sp³-hybridized carbons (Fsp3) is 0. The maximum Gasteiger partial charge on any atom is 0.179 e. The van der Waals surface area contributed by atoms with Gasteiger partial charge in [0.1, 0.15) is 0 Å². The van der Waals surface area contributed by atoms with Gasteiger partial charge in [0.2, 0.25) is 0 Å². The van der Waals surface area contributed by atoms with Crippen LogP contribution in [0.4, 0.5) is 0 Å². The molecule has 0 N–H and O–H groups in total. The molecule has 0 spiro atoms. The number of fused-ring (bicyclic) bond motifs is 16. The summed E-state index contributed by atoms with van der Waals surface area (Å²) < 4.78 is 7.51. The van der Waals surface area contributed by atoms with E-state index in [4.69, 9.17) is 0 Å². The van der Waals surface area contributed by atoms with Crippen LogP contribution in [0.1, 0.15) is 0 Å². The summed E-state index contributed by atoms with van der Waals surface area (Å²) in [6, 6.07) is 125. The van der Waals surface area contributed by atoms with Crippen molar-refractivity contribution >= 4 is 127 Å². The highest BCUT2D eigenvalue weighted by atomic mass is 28.3. The monoisotopic (exact) mass is 1130 g/mol. The molecule has 18 aromatic rings. The Morgan fingerprint density at radius 1 is 0.170 bits per heavy atom. The molecular formula is C84H55N3Si. The van der Waals surface area contributed by atoms with E-state index in [1.165, 1.54) is 124 Å². The molecule has 4 heteroatoms. The zero-order valence-corrected chi connectivity index (χ0v) is 49.1. The average Bonchev–Trinajstić information content (AvgIpc) is 1.42. The molecular weight excluding hydrogens is 1080 g/mol. The van der Waals surface area contributed by atoms with Gasteiger partial charge in [-0.15, -0.1) is 0 Å². The molecule has 3 heterocycles. The van der Waals surface area contributed by atoms with E-state index in [0.717, 1.165) is 33.6 Å². The van der Waals surface area contributed by atoms with Gasteiger partial charge in [0, 0.05) is 54.8 Å². The number of nitrogens with zero attached hydrogens (tertiary/aromatic N) is 3. The first-order chi connectivity index (χ1) is 43.7. The van der Waals surface area contributed by atoms with Crippen LogP contribution < -0.4 is 20.7 Å². The topological polar surface area (TPSA) is 14.8 Å². The lowest BCUT2D eigenvalue weighted by Gasteiger charge is -2.35. The number of para-hydroxylation sites is 3. The Bertz CT molecular complexity index is 5640. The molecule has 3 nitrogen and oxygen atoms in total. The standard InChI is InChI=1S/C84H55N3Si/c1-4-23-56(24-5-1)58-27-20-32-64(51-58)88(63-30-8-3-9-31-63,65-33-21-28-59(52-65)57-25-6-2-7-26-57)66-34-22-29-60(53-66)87-81-50-48-74-69-37-11-10-35-67(69)68-36-12-13-41-73(68)83(74)84(81)75-47-45-62(55-82(75)87)86-79-44-19-16-40-72(79)76-54-61(46-49-80(76)86)85-77-42-17-14-38-70(77)71-39-15-18-43-78(71)85/h1-55H. The van der Waals surface area contributed by atoms with Crippen LogP contribution in [0.15, 0.2) is 334 Å². The van der Waals surface area contributed by atoms with Crippen molar-refractivity contribution < 1.29 is 0 Å². The summed E-state index contributed by atoms with van der Waals surface area (Å²) >= 11 is 0. The van der Waals surface area contributed by atoms with E-state index in [1.807, 2.05) is 0 Å². The van der Waals surface area contributed by atoms with Gasteiger partial charge in [-0.25, -0.2) is 0 Å². The molecule has 0 atom stereocenters. The van der Waals surface area contributed by atoms with Crippen LogP contribution in [-0.2, 0) is 0 Å². The Labute approximate surface area is 510 Å². The van der Waals surface area contributed by atoms with Crippen molar-refractivity contribution in [3.63, 3.8) is 0 Å². The fourth-order valence-electron chi connectivity index (χ4n) is 15.2. The van der Waals surface area contributed by atoms with Crippen molar-refractivity contribution in [3.05, 3.63) is 334 Å². The first-order valence-corrected chi connectivity index (χ1v) is 32.5. The van der Waals surface area contributed by atoms with E-state index in [-0.39, 0.29) is 0 Å². The molecule has 0 aliphatic heterocycles. The van der Waals surface area contributed by atoms with E-state index in [2.05, 4.69) is 347 Å². The maximum absolute atomic E-state index is 3.21. The highest BCUT2D eigenvalue weighted by Crippen LogP contribution is 2.45. The van der Waals surface area contributed by atoms with Crippen molar-refractivity contribution in [2.75, 3.05) is 0 Å². The Balaban J connectivity index is 0.928. The van der Waals surface area contributed by atoms with E-state index < -0.39 is 8.07 Å². The van der Waals surface area contributed by atoms with Crippen LogP contribution in [0.3, 0.4) is 0 Å². The molecule has 0 saturated carbocycles. The Morgan fingerprint density at radius 2 is 0.534 bits per heavy atom. The van der Waals surface area contributed by atoms with Crippen molar-refractivity contribution in [1.29, 1.82) is 0 Å². The van der Waals surface area contributed by atoms with Crippen LogP contribution in [0.25, 0.3) is 137 Å². The summed E-state index contributed by atoms with van der Waals surface area (Å²) in [4.78, 5) is 0. The average molecular weight is 1130 g/mol. The van der Waals surface area contributed by atoms with Crippen molar-refractivity contribution in [2.24, 2.45) is 0 Å². The maximum atomic E-state index is 2.58. The van der Waals surface area contributed by atoms with E-state index in [9.17, 15) is 0 Å². The summed E-state index contributed by atoms with van der Waals surface area (Å²) in [5, 5.41) is 20.3. The second-order valence-corrected chi connectivity index (χ2v) is 27.3. The lowest BCUT2D eigenvalue weighted by molar-refractivity contribution is 1.15. The zero-order chi connectivity index (χ0) is 57.9. The number of hydrogen-bond donors (Lipinski definition) is 0. The molecule has 0 aliphatic carbocycles. The molecule has 0 fully saturated rings. The first-order valence-electron chi connectivity index (χ1n) is 30.5. The second kappa shape index (κ2) is 19.9. The summed E-state index contributed by atoms with van der Waals surface area (Å²) in [5.74, 6) is 0. The van der Waals surface area contributed by atoms with Crippen LogP contribution in [-0.4, -0.2) is 21.8 Å². The van der Waals surface area contributed by atoms with E-state index in [1.54, 1.807) is 0 Å². The van der Waals surface area contributed by atoms with Gasteiger partial charge in [0.25, 0.3) is 0 Å². The third-order valence-electron chi connectivity index (χ3n) is 18.9. The van der Waals surface area contributed by atoms with Gasteiger partial charge in [-0.2, -0.15) is 0 Å². The first kappa shape index (κ1) is 50.1. The predicted molar refractivity (Wildman–Crippen MR) is 376 cm³/mol. The molecule has 0 unspecified atom stereocenters. The zero-order valence-electron chi connectivity index (χ0n) is 48.1. The van der Waals surface area contributed by atoms with Gasteiger partial charge < -0.3 is 13.7 Å². The van der Waals surface area contributed by atoms with Crippen LogP contribution in [0, 0.1) is 0 Å². The molecule has 3 aromatic heterocycles. The molecule has 15 aromatic carbocycles. The van der Waals surface area contributed by atoms with Gasteiger partial charge in [-0.05, 0) is 137 Å². The van der Waals surface area contributed by atoms with Crippen molar-refractivity contribution in [1.82, 2.24) is 13.7 Å². The molecule has 0 amide bonds. The molecule has 0 radical (unpaired) electrons. The Hall–Kier alpha value is -11.3. The largest absolute Gasteiger partial charge is 0.309 e. The molecule has 88 heavy (non-hydrogen) atoms. The van der Waals surface area contributed by atoms with Crippen LogP contribution >= 0.6 is 0 Å². The molecule has 410 valence electrons. The number of aromatic nitrogens is 3. The summed E-state index contributed by atoms with van der Waals surface area (Å²) in [5.41, 5.74) is 15.2. The third-order valence-corrected chi connectivity index (χ3v) is 23.7. The second-order valence-electron chi connectivity index (χ2n) is 23.5. The Morgan fingerprint density at radius 3 is 1.11 bits per heavy atom. The SMILES string of the molecule is c1ccc(-c2cccc([Si](c3ccccc3)(c3cccc(-c4ccccc4)c3)c3cccc(-n4c5cc(-n6c7ccccc7c7cc(-n8c9ccccc9c9ccccc98)ccc76)ccc5c5c6c7ccccc7c7ccccc7c6ccc54)c3)c2)cc1. The normalized spacial score (nSPS) is 12.1. The quantitative estimate of drug-likeness (QED) is 0.0777. The fourth-order valence-corrected chi connectivity index (χ4v) is 20.0.